The summed E-state index contributed by atoms with van der Waals surface area (Å²) in [5, 5.41) is 3.53. The minimum absolute atomic E-state index is 0.207. The first-order valence-electron chi connectivity index (χ1n) is 6.46. The Kier molecular flexibility index (Phi) is 4.76. The molecule has 1 fully saturated rings. The zero-order valence-electron chi connectivity index (χ0n) is 10.9. The molecular formula is C14H20BrFN2. The Hall–Kier alpha value is -0.450. The number of likely N-dealkylation sites (N-methyl/N-ethyl adjacent to an activating group) is 1. The predicted molar refractivity (Wildman–Crippen MR) is 76.2 cm³/mol. The Morgan fingerprint density at radius 3 is 2.94 bits per heavy atom. The molecule has 2 rings (SSSR count). The van der Waals surface area contributed by atoms with Crippen LogP contribution in [0.5, 0.6) is 0 Å². The van der Waals surface area contributed by atoms with Gasteiger partial charge in [-0.2, -0.15) is 0 Å². The zero-order valence-corrected chi connectivity index (χ0v) is 12.5. The molecule has 0 saturated carbocycles. The van der Waals surface area contributed by atoms with Gasteiger partial charge in [-0.3, -0.25) is 0 Å². The highest BCUT2D eigenvalue weighted by Crippen LogP contribution is 2.22. The number of hydrogen-bond acceptors (Lipinski definition) is 2. The molecule has 1 aromatic carbocycles. The second kappa shape index (κ2) is 6.13. The van der Waals surface area contributed by atoms with Crippen molar-refractivity contribution in [2.75, 3.05) is 20.1 Å². The van der Waals surface area contributed by atoms with E-state index in [9.17, 15) is 4.39 Å². The van der Waals surface area contributed by atoms with E-state index < -0.39 is 0 Å². The lowest BCUT2D eigenvalue weighted by Crippen LogP contribution is -2.36. The number of halogens is 2. The van der Waals surface area contributed by atoms with E-state index in [1.165, 1.54) is 25.5 Å². The molecule has 1 aliphatic heterocycles. The summed E-state index contributed by atoms with van der Waals surface area (Å²) in [5.74, 6) is -0.207. The van der Waals surface area contributed by atoms with Crippen LogP contribution in [0.25, 0.3) is 0 Å². The number of likely N-dealkylation sites (tertiary alicyclic amines) is 1. The number of benzene rings is 1. The normalized spacial score (nSPS) is 22.3. The molecule has 100 valence electrons. The monoisotopic (exact) mass is 314 g/mol. The summed E-state index contributed by atoms with van der Waals surface area (Å²) in [6.45, 7) is 4.31. The van der Waals surface area contributed by atoms with E-state index in [4.69, 9.17) is 0 Å². The maximum absolute atomic E-state index is 13.2. The average Bonchev–Trinajstić information content (AvgIpc) is 2.75. The topological polar surface area (TPSA) is 15.3 Å². The smallest absolute Gasteiger partial charge is 0.137 e. The molecule has 1 saturated heterocycles. The molecular weight excluding hydrogens is 295 g/mol. The van der Waals surface area contributed by atoms with Gasteiger partial charge >= 0.3 is 0 Å². The third kappa shape index (κ3) is 3.31. The highest BCUT2D eigenvalue weighted by molar-refractivity contribution is 9.10. The number of rotatable bonds is 4. The maximum atomic E-state index is 13.2. The lowest BCUT2D eigenvalue weighted by molar-refractivity contribution is 0.293. The van der Waals surface area contributed by atoms with E-state index in [2.05, 4.69) is 40.1 Å². The Balaban J connectivity index is 1.90. The summed E-state index contributed by atoms with van der Waals surface area (Å²) in [4.78, 5) is 2.40. The van der Waals surface area contributed by atoms with Crippen LogP contribution in [0.2, 0.25) is 0 Å². The Morgan fingerprint density at radius 2 is 2.33 bits per heavy atom. The largest absolute Gasteiger partial charge is 0.309 e. The highest BCUT2D eigenvalue weighted by atomic mass is 79.9. The first kappa shape index (κ1) is 14.0. The van der Waals surface area contributed by atoms with Gasteiger partial charge in [0.25, 0.3) is 0 Å². The average molecular weight is 315 g/mol. The molecule has 4 heteroatoms. The second-order valence-corrected chi connectivity index (χ2v) is 5.93. The molecule has 18 heavy (non-hydrogen) atoms. The molecule has 0 bridgehead atoms. The van der Waals surface area contributed by atoms with Crippen molar-refractivity contribution in [2.24, 2.45) is 0 Å². The lowest BCUT2D eigenvalue weighted by Gasteiger charge is -2.23. The fourth-order valence-electron chi connectivity index (χ4n) is 2.45. The molecule has 0 amide bonds. The first-order chi connectivity index (χ1) is 8.58. The van der Waals surface area contributed by atoms with Crippen molar-refractivity contribution < 1.29 is 4.39 Å². The van der Waals surface area contributed by atoms with E-state index in [0.29, 0.717) is 10.5 Å². The van der Waals surface area contributed by atoms with Crippen molar-refractivity contribution in [3.63, 3.8) is 0 Å². The minimum atomic E-state index is -0.207. The molecule has 0 aliphatic carbocycles. The molecule has 0 aromatic heterocycles. The quantitative estimate of drug-likeness (QED) is 0.917. The van der Waals surface area contributed by atoms with Gasteiger partial charge in [-0.25, -0.2) is 4.39 Å². The van der Waals surface area contributed by atoms with Crippen LogP contribution in [0.15, 0.2) is 22.7 Å². The van der Waals surface area contributed by atoms with Crippen LogP contribution < -0.4 is 5.32 Å². The molecule has 1 heterocycles. The fraction of sp³-hybridized carbons (Fsp3) is 0.571. The summed E-state index contributed by atoms with van der Waals surface area (Å²) in [7, 11) is 2.18. The summed E-state index contributed by atoms with van der Waals surface area (Å²) < 4.78 is 13.7. The van der Waals surface area contributed by atoms with Gasteiger partial charge < -0.3 is 10.2 Å². The first-order valence-corrected chi connectivity index (χ1v) is 7.26. The lowest BCUT2D eigenvalue weighted by atomic mass is 10.1. The van der Waals surface area contributed by atoms with Gasteiger partial charge in [-0.1, -0.05) is 6.07 Å². The van der Waals surface area contributed by atoms with E-state index in [0.717, 1.165) is 12.1 Å². The third-order valence-corrected chi connectivity index (χ3v) is 4.38. The van der Waals surface area contributed by atoms with E-state index in [1.807, 2.05) is 12.1 Å². The van der Waals surface area contributed by atoms with Crippen molar-refractivity contribution in [2.45, 2.75) is 31.8 Å². The SMILES string of the molecule is CC(NCC1CCCN1C)c1ccc(F)c(Br)c1. The van der Waals surface area contributed by atoms with Crippen molar-refractivity contribution >= 4 is 15.9 Å². The Bertz CT molecular complexity index is 411. The van der Waals surface area contributed by atoms with Gasteiger partial charge in [0, 0.05) is 18.6 Å². The van der Waals surface area contributed by atoms with Gasteiger partial charge in [-0.05, 0) is 67.0 Å². The van der Waals surface area contributed by atoms with Gasteiger partial charge in [0.1, 0.15) is 5.82 Å². The number of nitrogens with zero attached hydrogens (tertiary/aromatic N) is 1. The summed E-state index contributed by atoms with van der Waals surface area (Å²) in [6, 6.07) is 6.09. The molecule has 0 radical (unpaired) electrons. The molecule has 1 aromatic rings. The van der Waals surface area contributed by atoms with E-state index in [-0.39, 0.29) is 11.9 Å². The molecule has 1 N–H and O–H groups in total. The summed E-state index contributed by atoms with van der Waals surface area (Å²) >= 11 is 3.23. The minimum Gasteiger partial charge on any atom is -0.309 e. The van der Waals surface area contributed by atoms with Crippen molar-refractivity contribution in [3.8, 4) is 0 Å². The third-order valence-electron chi connectivity index (χ3n) is 3.77. The van der Waals surface area contributed by atoms with Gasteiger partial charge in [-0.15, -0.1) is 0 Å². The van der Waals surface area contributed by atoms with Crippen molar-refractivity contribution in [1.29, 1.82) is 0 Å². The highest BCUT2D eigenvalue weighted by Gasteiger charge is 2.21. The molecule has 2 nitrogen and oxygen atoms in total. The van der Waals surface area contributed by atoms with Crippen LogP contribution >= 0.6 is 15.9 Å². The molecule has 0 spiro atoms. The number of hydrogen-bond donors (Lipinski definition) is 1. The van der Waals surface area contributed by atoms with Gasteiger partial charge in [0.05, 0.1) is 4.47 Å². The van der Waals surface area contributed by atoms with Gasteiger partial charge in [0.15, 0.2) is 0 Å². The predicted octanol–water partition coefficient (Wildman–Crippen LogP) is 3.33. The summed E-state index contributed by atoms with van der Waals surface area (Å²) in [6.07, 6.45) is 2.56. The maximum Gasteiger partial charge on any atom is 0.137 e. The Morgan fingerprint density at radius 1 is 1.56 bits per heavy atom. The van der Waals surface area contributed by atoms with Crippen LogP contribution in [0.4, 0.5) is 4.39 Å². The Labute approximate surface area is 117 Å². The van der Waals surface area contributed by atoms with Crippen LogP contribution in [0.1, 0.15) is 31.4 Å². The van der Waals surface area contributed by atoms with Crippen LogP contribution in [-0.2, 0) is 0 Å². The summed E-state index contributed by atoms with van der Waals surface area (Å²) in [5.41, 5.74) is 1.11. The molecule has 2 atom stereocenters. The fourth-order valence-corrected chi connectivity index (χ4v) is 2.85. The standard InChI is InChI=1S/C14H20BrFN2/c1-10(11-5-6-14(16)13(15)8-11)17-9-12-4-3-7-18(12)2/h5-6,8,10,12,17H,3-4,7,9H2,1-2H3. The molecule has 2 unspecified atom stereocenters. The van der Waals surface area contributed by atoms with E-state index in [1.54, 1.807) is 0 Å². The van der Waals surface area contributed by atoms with Crippen molar-refractivity contribution in [3.05, 3.63) is 34.1 Å². The van der Waals surface area contributed by atoms with Crippen molar-refractivity contribution in [1.82, 2.24) is 10.2 Å². The zero-order chi connectivity index (χ0) is 13.1. The molecule has 1 aliphatic rings. The van der Waals surface area contributed by atoms with Crippen LogP contribution in [-0.4, -0.2) is 31.1 Å². The van der Waals surface area contributed by atoms with Crippen LogP contribution in [0.3, 0.4) is 0 Å². The van der Waals surface area contributed by atoms with Gasteiger partial charge in [0.2, 0.25) is 0 Å². The second-order valence-electron chi connectivity index (χ2n) is 5.08. The van der Waals surface area contributed by atoms with Crippen LogP contribution in [0, 0.1) is 5.82 Å². The number of nitrogens with one attached hydrogen (secondary N) is 1. The van der Waals surface area contributed by atoms with E-state index >= 15 is 0 Å².